The highest BCUT2D eigenvalue weighted by Crippen LogP contribution is 2.27. The molecule has 0 radical (unpaired) electrons. The zero-order valence-electron chi connectivity index (χ0n) is 28.1. The SMILES string of the molecule is COc1ccc(CCCCCCCCOc2c(CNCCCN(C)C)cc(C)cc2CNCCCN(C)C)cc1.Cl.Cl.Cl.Cl. The van der Waals surface area contributed by atoms with Gasteiger partial charge in [0.1, 0.15) is 11.5 Å². The minimum atomic E-state index is 0. The number of unbranched alkanes of at least 4 members (excludes halogenated alkanes) is 5. The second-order valence-corrected chi connectivity index (χ2v) is 11.6. The number of ether oxygens (including phenoxy) is 2. The molecule has 0 saturated carbocycles. The van der Waals surface area contributed by atoms with Gasteiger partial charge in [0.25, 0.3) is 0 Å². The molecule has 258 valence electrons. The standard InChI is InChI=1S/C34H58N4O2.4ClH/c1-29-25-31(27-35-20-13-22-37(2)3)34(32(26-29)28-36-21-14-23-38(4)5)40-24-12-10-8-7-9-11-15-30-16-18-33(39-6)19-17-30;;;;/h16-19,25-26,35-36H,7-15,20-24,27-28H2,1-6H3;4*1H. The van der Waals surface area contributed by atoms with Crippen LogP contribution in [0.15, 0.2) is 36.4 Å². The maximum atomic E-state index is 6.51. The first kappa shape index (κ1) is 47.4. The summed E-state index contributed by atoms with van der Waals surface area (Å²) < 4.78 is 11.8. The maximum Gasteiger partial charge on any atom is 0.128 e. The average Bonchev–Trinajstić information content (AvgIpc) is 2.92. The number of benzene rings is 2. The van der Waals surface area contributed by atoms with Crippen molar-refractivity contribution in [1.82, 2.24) is 20.4 Å². The van der Waals surface area contributed by atoms with Gasteiger partial charge in [-0.05, 0) is 111 Å². The lowest BCUT2D eigenvalue weighted by molar-refractivity contribution is 0.296. The predicted molar refractivity (Wildman–Crippen MR) is 200 cm³/mol. The number of rotatable bonds is 23. The highest BCUT2D eigenvalue weighted by molar-refractivity contribution is 5.86. The zero-order valence-corrected chi connectivity index (χ0v) is 31.4. The molecular weight excluding hydrogens is 638 g/mol. The Morgan fingerprint density at radius 1 is 0.636 bits per heavy atom. The van der Waals surface area contributed by atoms with Gasteiger partial charge in [-0.2, -0.15) is 0 Å². The van der Waals surface area contributed by atoms with Crippen LogP contribution in [0.1, 0.15) is 73.6 Å². The Morgan fingerprint density at radius 3 is 1.59 bits per heavy atom. The molecule has 2 aromatic carbocycles. The predicted octanol–water partition coefficient (Wildman–Crippen LogP) is 7.74. The van der Waals surface area contributed by atoms with Crippen LogP contribution in [-0.4, -0.2) is 77.9 Å². The molecule has 0 spiro atoms. The number of hydrogen-bond acceptors (Lipinski definition) is 6. The number of nitrogens with one attached hydrogen (secondary N) is 2. The molecule has 0 bridgehead atoms. The summed E-state index contributed by atoms with van der Waals surface area (Å²) in [6, 6.07) is 13.1. The molecule has 2 aromatic rings. The van der Waals surface area contributed by atoms with E-state index in [4.69, 9.17) is 9.47 Å². The Hall–Kier alpha value is -0.960. The van der Waals surface area contributed by atoms with Gasteiger partial charge in [0, 0.05) is 24.2 Å². The highest BCUT2D eigenvalue weighted by atomic mass is 35.5. The van der Waals surface area contributed by atoms with Crippen molar-refractivity contribution in [1.29, 1.82) is 0 Å². The van der Waals surface area contributed by atoms with Crippen molar-refractivity contribution in [2.45, 2.75) is 77.8 Å². The van der Waals surface area contributed by atoms with Crippen molar-refractivity contribution in [2.75, 3.05) is 68.1 Å². The van der Waals surface area contributed by atoms with Crippen molar-refractivity contribution in [3.05, 3.63) is 58.7 Å². The van der Waals surface area contributed by atoms with E-state index in [2.05, 4.69) is 91.9 Å². The number of methoxy groups -OCH3 is 1. The molecule has 0 aliphatic carbocycles. The van der Waals surface area contributed by atoms with E-state index in [1.807, 2.05) is 0 Å². The third-order valence-electron chi connectivity index (χ3n) is 7.20. The smallest absolute Gasteiger partial charge is 0.128 e. The Balaban J connectivity index is -0.00000420. The van der Waals surface area contributed by atoms with Crippen LogP contribution in [-0.2, 0) is 19.5 Å². The van der Waals surface area contributed by atoms with Crippen LogP contribution in [0.25, 0.3) is 0 Å². The first-order chi connectivity index (χ1) is 19.4. The summed E-state index contributed by atoms with van der Waals surface area (Å²) in [7, 11) is 10.2. The molecule has 44 heavy (non-hydrogen) atoms. The fraction of sp³-hybridized carbons (Fsp3) is 0.647. The number of hydrogen-bond donors (Lipinski definition) is 2. The summed E-state index contributed by atoms with van der Waals surface area (Å²) in [5.74, 6) is 2.02. The summed E-state index contributed by atoms with van der Waals surface area (Å²) in [4.78, 5) is 4.48. The number of nitrogens with zero attached hydrogens (tertiary/aromatic N) is 2. The third-order valence-corrected chi connectivity index (χ3v) is 7.20. The van der Waals surface area contributed by atoms with Gasteiger partial charge in [0.2, 0.25) is 0 Å². The van der Waals surface area contributed by atoms with Crippen molar-refractivity contribution >= 4 is 49.6 Å². The highest BCUT2D eigenvalue weighted by Gasteiger charge is 2.12. The summed E-state index contributed by atoms with van der Waals surface area (Å²) in [5, 5.41) is 7.30. The first-order valence-corrected chi connectivity index (χ1v) is 15.5. The summed E-state index contributed by atoms with van der Waals surface area (Å²) in [5.41, 5.74) is 5.28. The lowest BCUT2D eigenvalue weighted by Gasteiger charge is -2.19. The second kappa shape index (κ2) is 29.4. The molecule has 0 saturated heterocycles. The van der Waals surface area contributed by atoms with Crippen LogP contribution in [0.5, 0.6) is 11.5 Å². The van der Waals surface area contributed by atoms with Crippen molar-refractivity contribution in [3.8, 4) is 11.5 Å². The molecule has 0 heterocycles. The van der Waals surface area contributed by atoms with E-state index in [0.29, 0.717) is 0 Å². The van der Waals surface area contributed by atoms with Gasteiger partial charge in [0.15, 0.2) is 0 Å². The van der Waals surface area contributed by atoms with Gasteiger partial charge in [-0.3, -0.25) is 0 Å². The molecule has 2 rings (SSSR count). The minimum Gasteiger partial charge on any atom is -0.497 e. The van der Waals surface area contributed by atoms with Crippen LogP contribution in [0.4, 0.5) is 0 Å². The lowest BCUT2D eigenvalue weighted by Crippen LogP contribution is -2.23. The number of aryl methyl sites for hydroxylation is 2. The van der Waals surface area contributed by atoms with Gasteiger partial charge in [-0.1, -0.05) is 55.5 Å². The van der Waals surface area contributed by atoms with E-state index in [1.165, 1.54) is 54.4 Å². The molecule has 0 amide bonds. The Kier molecular flexibility index (Phi) is 31.7. The Labute approximate surface area is 294 Å². The normalized spacial score (nSPS) is 10.5. The van der Waals surface area contributed by atoms with Gasteiger partial charge in [-0.15, -0.1) is 49.6 Å². The topological polar surface area (TPSA) is 49.0 Å². The van der Waals surface area contributed by atoms with Crippen LogP contribution in [0.3, 0.4) is 0 Å². The molecular formula is C34H62Cl4N4O2. The van der Waals surface area contributed by atoms with Crippen molar-refractivity contribution in [3.63, 3.8) is 0 Å². The zero-order chi connectivity index (χ0) is 29.0. The quantitative estimate of drug-likeness (QED) is 0.116. The molecule has 0 aromatic heterocycles. The summed E-state index contributed by atoms with van der Waals surface area (Å²) >= 11 is 0. The van der Waals surface area contributed by atoms with Crippen LogP contribution in [0.2, 0.25) is 0 Å². The largest absolute Gasteiger partial charge is 0.497 e. The van der Waals surface area contributed by atoms with Crippen LogP contribution in [0, 0.1) is 6.92 Å². The molecule has 0 aliphatic rings. The molecule has 0 aliphatic heterocycles. The van der Waals surface area contributed by atoms with Crippen LogP contribution < -0.4 is 20.1 Å². The summed E-state index contributed by atoms with van der Waals surface area (Å²) in [6.45, 7) is 8.93. The number of halogens is 4. The average molecular weight is 701 g/mol. The fourth-order valence-electron chi connectivity index (χ4n) is 4.97. The van der Waals surface area contributed by atoms with E-state index >= 15 is 0 Å². The molecule has 0 fully saturated rings. The Bertz CT molecular complexity index is 895. The van der Waals surface area contributed by atoms with E-state index in [0.717, 1.165) is 83.1 Å². The monoisotopic (exact) mass is 698 g/mol. The van der Waals surface area contributed by atoms with Gasteiger partial charge >= 0.3 is 0 Å². The van der Waals surface area contributed by atoms with Crippen molar-refractivity contribution < 1.29 is 9.47 Å². The van der Waals surface area contributed by atoms with Gasteiger partial charge in [0.05, 0.1) is 13.7 Å². The fourth-order valence-corrected chi connectivity index (χ4v) is 4.97. The van der Waals surface area contributed by atoms with E-state index < -0.39 is 0 Å². The molecule has 10 heteroatoms. The maximum absolute atomic E-state index is 6.51. The van der Waals surface area contributed by atoms with Gasteiger partial charge < -0.3 is 29.9 Å². The van der Waals surface area contributed by atoms with E-state index in [-0.39, 0.29) is 49.6 Å². The first-order valence-electron chi connectivity index (χ1n) is 15.5. The lowest BCUT2D eigenvalue weighted by atomic mass is 10.0. The van der Waals surface area contributed by atoms with E-state index in [9.17, 15) is 0 Å². The molecule has 0 unspecified atom stereocenters. The minimum absolute atomic E-state index is 0. The third kappa shape index (κ3) is 21.7. The molecule has 0 atom stereocenters. The summed E-state index contributed by atoms with van der Waals surface area (Å²) in [6.07, 6.45) is 10.9. The Morgan fingerprint density at radius 2 is 1.11 bits per heavy atom. The second-order valence-electron chi connectivity index (χ2n) is 11.6. The molecule has 6 nitrogen and oxygen atoms in total. The van der Waals surface area contributed by atoms with Gasteiger partial charge in [-0.25, -0.2) is 0 Å². The van der Waals surface area contributed by atoms with Crippen LogP contribution >= 0.6 is 49.6 Å². The van der Waals surface area contributed by atoms with Crippen molar-refractivity contribution in [2.24, 2.45) is 0 Å². The molecule has 2 N–H and O–H groups in total. The van der Waals surface area contributed by atoms with E-state index in [1.54, 1.807) is 7.11 Å².